The minimum atomic E-state index is -4.45. The Kier molecular flexibility index (Phi) is 3.36. The van der Waals surface area contributed by atoms with Gasteiger partial charge in [0.2, 0.25) is 0 Å². The molecular weight excluding hydrogens is 311 g/mol. The number of hydrogen-bond donors (Lipinski definition) is 1. The molecule has 1 aromatic rings. The Labute approximate surface area is 111 Å². The molecule has 0 aromatic heterocycles. The summed E-state index contributed by atoms with van der Waals surface area (Å²) in [6, 6.07) is 2.64. The fourth-order valence-corrected chi connectivity index (χ4v) is 2.68. The van der Waals surface area contributed by atoms with Crippen molar-refractivity contribution in [1.82, 2.24) is 0 Å². The van der Waals surface area contributed by atoms with Gasteiger partial charge in [-0.3, -0.25) is 0 Å². The van der Waals surface area contributed by atoms with Gasteiger partial charge in [0.25, 0.3) is 0 Å². The lowest BCUT2D eigenvalue weighted by atomic mass is 9.72. The highest BCUT2D eigenvalue weighted by Crippen LogP contribution is 2.48. The maximum Gasteiger partial charge on any atom is 0.420 e. The average molecular weight is 324 g/mol. The first kappa shape index (κ1) is 13.7. The molecule has 1 saturated carbocycles. The lowest BCUT2D eigenvalue weighted by Crippen LogP contribution is -2.43. The molecule has 1 aliphatic rings. The van der Waals surface area contributed by atoms with Crippen LogP contribution in [-0.2, 0) is 11.7 Å². The van der Waals surface area contributed by atoms with Crippen molar-refractivity contribution in [3.8, 4) is 5.75 Å². The second kappa shape index (κ2) is 4.42. The zero-order valence-corrected chi connectivity index (χ0v) is 11.4. The van der Waals surface area contributed by atoms with Crippen molar-refractivity contribution in [3.05, 3.63) is 27.7 Å². The van der Waals surface area contributed by atoms with E-state index >= 15 is 0 Å². The lowest BCUT2D eigenvalue weighted by Gasteiger charge is -2.40. The summed E-state index contributed by atoms with van der Waals surface area (Å²) >= 11 is 3.10. The largest absolute Gasteiger partial charge is 0.496 e. The van der Waals surface area contributed by atoms with Crippen LogP contribution in [0.25, 0.3) is 0 Å². The van der Waals surface area contributed by atoms with Gasteiger partial charge >= 0.3 is 6.18 Å². The number of ether oxygens (including phenoxy) is 1. The number of alkyl halides is 3. The van der Waals surface area contributed by atoms with E-state index in [0.717, 1.165) is 12.5 Å². The fourth-order valence-electron chi connectivity index (χ4n) is 2.22. The number of methoxy groups -OCH3 is 1. The van der Waals surface area contributed by atoms with Crippen molar-refractivity contribution in [2.75, 3.05) is 7.11 Å². The molecular formula is C12H13BrF3NO. The molecule has 0 amide bonds. The molecule has 0 aliphatic heterocycles. The minimum absolute atomic E-state index is 0.159. The Bertz CT molecular complexity index is 469. The Morgan fingerprint density at radius 1 is 1.33 bits per heavy atom. The molecule has 0 atom stereocenters. The first-order valence-electron chi connectivity index (χ1n) is 5.52. The van der Waals surface area contributed by atoms with Crippen LogP contribution in [0.2, 0.25) is 0 Å². The molecule has 0 unspecified atom stereocenters. The van der Waals surface area contributed by atoms with Gasteiger partial charge in [0, 0.05) is 15.6 Å². The molecule has 1 aliphatic carbocycles. The normalized spacial score (nSPS) is 18.3. The maximum atomic E-state index is 13.0. The minimum Gasteiger partial charge on any atom is -0.496 e. The fraction of sp³-hybridized carbons (Fsp3) is 0.500. The van der Waals surface area contributed by atoms with Gasteiger partial charge in [-0.1, -0.05) is 15.9 Å². The van der Waals surface area contributed by atoms with Crippen molar-refractivity contribution in [2.45, 2.75) is 31.0 Å². The highest BCUT2D eigenvalue weighted by Gasteiger charge is 2.42. The number of benzene rings is 1. The Balaban J connectivity index is 2.62. The van der Waals surface area contributed by atoms with Crippen molar-refractivity contribution in [2.24, 2.45) is 5.73 Å². The first-order chi connectivity index (χ1) is 8.28. The van der Waals surface area contributed by atoms with Crippen LogP contribution in [0, 0.1) is 0 Å². The second-order valence-corrected chi connectivity index (χ2v) is 5.46. The molecule has 0 radical (unpaired) electrons. The summed E-state index contributed by atoms with van der Waals surface area (Å²) in [4.78, 5) is 0. The molecule has 6 heteroatoms. The maximum absolute atomic E-state index is 13.0. The third-order valence-corrected chi connectivity index (χ3v) is 3.80. The molecule has 1 fully saturated rings. The van der Waals surface area contributed by atoms with Crippen LogP contribution in [0.5, 0.6) is 5.75 Å². The van der Waals surface area contributed by atoms with E-state index in [1.807, 2.05) is 0 Å². The van der Waals surface area contributed by atoms with E-state index in [4.69, 9.17) is 10.5 Å². The topological polar surface area (TPSA) is 35.2 Å². The monoisotopic (exact) mass is 323 g/mol. The van der Waals surface area contributed by atoms with Crippen LogP contribution in [0.4, 0.5) is 13.2 Å². The Morgan fingerprint density at radius 3 is 2.33 bits per heavy atom. The van der Waals surface area contributed by atoms with E-state index in [1.165, 1.54) is 7.11 Å². The molecule has 100 valence electrons. The molecule has 0 spiro atoms. The summed E-state index contributed by atoms with van der Waals surface area (Å²) in [6.07, 6.45) is -2.17. The summed E-state index contributed by atoms with van der Waals surface area (Å²) in [6.45, 7) is 0. The summed E-state index contributed by atoms with van der Waals surface area (Å²) in [5.41, 5.74) is 5.06. The standard InChI is InChI=1S/C12H13BrF3NO/c1-18-10-8(11(17)3-2-4-11)5-7(13)6-9(10)12(14,15)16/h5-6H,2-4,17H2,1H3. The highest BCUT2D eigenvalue weighted by atomic mass is 79.9. The van der Waals surface area contributed by atoms with Crippen LogP contribution in [0.15, 0.2) is 16.6 Å². The predicted molar refractivity (Wildman–Crippen MR) is 65.4 cm³/mol. The van der Waals surface area contributed by atoms with Crippen LogP contribution >= 0.6 is 15.9 Å². The average Bonchev–Trinajstić information content (AvgIpc) is 2.23. The smallest absolute Gasteiger partial charge is 0.420 e. The van der Waals surface area contributed by atoms with E-state index in [0.29, 0.717) is 22.9 Å². The van der Waals surface area contributed by atoms with Crippen molar-refractivity contribution >= 4 is 15.9 Å². The van der Waals surface area contributed by atoms with Crippen LogP contribution in [-0.4, -0.2) is 7.11 Å². The van der Waals surface area contributed by atoms with Gasteiger partial charge in [0.1, 0.15) is 5.75 Å². The number of halogens is 4. The number of nitrogens with two attached hydrogens (primary N) is 1. The van der Waals surface area contributed by atoms with Crippen LogP contribution in [0.1, 0.15) is 30.4 Å². The summed E-state index contributed by atoms with van der Waals surface area (Å²) in [5.74, 6) is -0.159. The highest BCUT2D eigenvalue weighted by molar-refractivity contribution is 9.10. The third-order valence-electron chi connectivity index (χ3n) is 3.35. The van der Waals surface area contributed by atoms with Crippen LogP contribution in [0.3, 0.4) is 0 Å². The Morgan fingerprint density at radius 2 is 1.94 bits per heavy atom. The molecule has 18 heavy (non-hydrogen) atoms. The molecule has 2 nitrogen and oxygen atoms in total. The molecule has 0 heterocycles. The Hall–Kier alpha value is -0.750. The zero-order valence-electron chi connectivity index (χ0n) is 9.77. The third kappa shape index (κ3) is 2.23. The quantitative estimate of drug-likeness (QED) is 0.898. The van der Waals surface area contributed by atoms with E-state index in [-0.39, 0.29) is 5.75 Å². The molecule has 2 rings (SSSR count). The summed E-state index contributed by atoms with van der Waals surface area (Å²) in [7, 11) is 1.24. The SMILES string of the molecule is COc1c(C(F)(F)F)cc(Br)cc1C1(N)CCC1. The predicted octanol–water partition coefficient (Wildman–Crippen LogP) is 3.81. The summed E-state index contributed by atoms with van der Waals surface area (Å²) in [5, 5.41) is 0. The molecule has 0 saturated heterocycles. The lowest BCUT2D eigenvalue weighted by molar-refractivity contribution is -0.138. The van der Waals surface area contributed by atoms with Crippen molar-refractivity contribution < 1.29 is 17.9 Å². The van der Waals surface area contributed by atoms with Gasteiger partial charge < -0.3 is 10.5 Å². The van der Waals surface area contributed by atoms with E-state index in [1.54, 1.807) is 6.07 Å². The zero-order chi connectivity index (χ0) is 13.6. The second-order valence-electron chi connectivity index (χ2n) is 4.54. The number of hydrogen-bond acceptors (Lipinski definition) is 2. The van der Waals surface area contributed by atoms with Gasteiger partial charge in [-0.15, -0.1) is 0 Å². The van der Waals surface area contributed by atoms with Gasteiger partial charge in [-0.05, 0) is 31.4 Å². The van der Waals surface area contributed by atoms with Gasteiger partial charge in [0.05, 0.1) is 12.7 Å². The van der Waals surface area contributed by atoms with E-state index in [2.05, 4.69) is 15.9 Å². The van der Waals surface area contributed by atoms with Gasteiger partial charge in [-0.2, -0.15) is 13.2 Å². The van der Waals surface area contributed by atoms with Gasteiger partial charge in [-0.25, -0.2) is 0 Å². The first-order valence-corrected chi connectivity index (χ1v) is 6.31. The molecule has 1 aromatic carbocycles. The van der Waals surface area contributed by atoms with Crippen molar-refractivity contribution in [3.63, 3.8) is 0 Å². The number of rotatable bonds is 2. The van der Waals surface area contributed by atoms with Gasteiger partial charge in [0.15, 0.2) is 0 Å². The van der Waals surface area contributed by atoms with Crippen molar-refractivity contribution in [1.29, 1.82) is 0 Å². The van der Waals surface area contributed by atoms with E-state index < -0.39 is 17.3 Å². The van der Waals surface area contributed by atoms with Crippen LogP contribution < -0.4 is 10.5 Å². The molecule has 0 bridgehead atoms. The summed E-state index contributed by atoms with van der Waals surface area (Å²) < 4.78 is 44.2. The van der Waals surface area contributed by atoms with E-state index in [9.17, 15) is 13.2 Å². The molecule has 2 N–H and O–H groups in total.